The van der Waals surface area contributed by atoms with Crippen LogP contribution < -0.4 is 0 Å². The van der Waals surface area contributed by atoms with Crippen molar-refractivity contribution >= 4 is 17.7 Å². The van der Waals surface area contributed by atoms with Gasteiger partial charge in [0.2, 0.25) is 0 Å². The molecule has 3 heteroatoms. The van der Waals surface area contributed by atoms with Crippen LogP contribution in [0.2, 0.25) is 0 Å². The van der Waals surface area contributed by atoms with Crippen LogP contribution >= 0.6 is 11.8 Å². The first-order valence-corrected chi connectivity index (χ1v) is 7.59. The van der Waals surface area contributed by atoms with Crippen LogP contribution in [0.15, 0.2) is 59.5 Å². The summed E-state index contributed by atoms with van der Waals surface area (Å²) >= 11 is 1.40. The Morgan fingerprint density at radius 3 is 2.20 bits per heavy atom. The maximum absolute atomic E-state index is 11.4. The molecule has 0 saturated heterocycles. The highest BCUT2D eigenvalue weighted by Gasteiger charge is 2.19. The molecule has 104 valence electrons. The smallest absolute Gasteiger partial charge is 0.317 e. The van der Waals surface area contributed by atoms with E-state index in [0.29, 0.717) is 6.42 Å². The molecule has 0 bridgehead atoms. The Kier molecular flexibility index (Phi) is 5.24. The summed E-state index contributed by atoms with van der Waals surface area (Å²) in [6.45, 7) is 2.11. The van der Waals surface area contributed by atoms with Gasteiger partial charge in [-0.3, -0.25) is 4.79 Å². The third-order valence-corrected chi connectivity index (χ3v) is 4.35. The average Bonchev–Trinajstić information content (AvgIpc) is 2.48. The predicted octanol–water partition coefficient (Wildman–Crippen LogP) is 4.04. The molecule has 0 fully saturated rings. The monoisotopic (exact) mass is 286 g/mol. The second-order valence-corrected chi connectivity index (χ2v) is 5.91. The van der Waals surface area contributed by atoms with Crippen LogP contribution in [-0.2, 0) is 17.6 Å². The van der Waals surface area contributed by atoms with E-state index in [4.69, 9.17) is 0 Å². The number of carboxylic acids is 1. The third kappa shape index (κ3) is 4.14. The maximum atomic E-state index is 11.4. The molecule has 1 atom stereocenters. The Labute approximate surface area is 123 Å². The van der Waals surface area contributed by atoms with E-state index >= 15 is 0 Å². The van der Waals surface area contributed by atoms with Gasteiger partial charge in [-0.25, -0.2) is 0 Å². The van der Waals surface area contributed by atoms with Crippen molar-refractivity contribution in [3.8, 4) is 0 Å². The fraction of sp³-hybridized carbons (Fsp3) is 0.235. The molecule has 0 spiro atoms. The fourth-order valence-electron chi connectivity index (χ4n) is 1.97. The molecule has 0 amide bonds. The summed E-state index contributed by atoms with van der Waals surface area (Å²) in [5.74, 6) is -0.765. The summed E-state index contributed by atoms with van der Waals surface area (Å²) in [4.78, 5) is 12.4. The third-order valence-electron chi connectivity index (χ3n) is 3.15. The van der Waals surface area contributed by atoms with Gasteiger partial charge in [-0.1, -0.05) is 49.4 Å². The number of aliphatic carboxylic acids is 1. The van der Waals surface area contributed by atoms with Crippen LogP contribution in [-0.4, -0.2) is 16.3 Å². The second kappa shape index (κ2) is 7.15. The first-order chi connectivity index (χ1) is 9.69. The maximum Gasteiger partial charge on any atom is 0.317 e. The highest BCUT2D eigenvalue weighted by Crippen LogP contribution is 2.26. The van der Waals surface area contributed by atoms with Crippen molar-refractivity contribution in [1.29, 1.82) is 0 Å². The van der Waals surface area contributed by atoms with Gasteiger partial charge in [0.1, 0.15) is 5.25 Å². The Morgan fingerprint density at radius 2 is 1.65 bits per heavy atom. The quantitative estimate of drug-likeness (QED) is 0.814. The van der Waals surface area contributed by atoms with Crippen molar-refractivity contribution in [1.82, 2.24) is 0 Å². The van der Waals surface area contributed by atoms with E-state index < -0.39 is 11.2 Å². The van der Waals surface area contributed by atoms with Crippen LogP contribution in [0.5, 0.6) is 0 Å². The lowest BCUT2D eigenvalue weighted by Crippen LogP contribution is -2.19. The van der Waals surface area contributed by atoms with E-state index in [-0.39, 0.29) is 0 Å². The summed E-state index contributed by atoms with van der Waals surface area (Å²) in [6.07, 6.45) is 1.54. The molecule has 0 aliphatic carbocycles. The van der Waals surface area contributed by atoms with Crippen molar-refractivity contribution in [3.63, 3.8) is 0 Å². The minimum absolute atomic E-state index is 0.454. The standard InChI is InChI=1S/C17H18O2S/c1-2-13-8-10-14(11-9-13)12-16(17(18)19)20-15-6-4-3-5-7-15/h3-11,16H,2,12H2,1H3,(H,18,19). The Balaban J connectivity index is 2.07. The van der Waals surface area contributed by atoms with Crippen molar-refractivity contribution in [2.45, 2.75) is 29.9 Å². The lowest BCUT2D eigenvalue weighted by Gasteiger charge is -2.12. The van der Waals surface area contributed by atoms with E-state index in [1.54, 1.807) is 0 Å². The normalized spacial score (nSPS) is 12.1. The summed E-state index contributed by atoms with van der Waals surface area (Å²) < 4.78 is 0. The molecule has 0 saturated carbocycles. The molecule has 1 N–H and O–H groups in total. The summed E-state index contributed by atoms with van der Waals surface area (Å²) in [5.41, 5.74) is 2.34. The molecule has 0 radical (unpaired) electrons. The first-order valence-electron chi connectivity index (χ1n) is 6.71. The largest absolute Gasteiger partial charge is 0.480 e. The lowest BCUT2D eigenvalue weighted by atomic mass is 10.1. The molecular formula is C17H18O2S. The Bertz CT molecular complexity index is 549. The average molecular weight is 286 g/mol. The fourth-order valence-corrected chi connectivity index (χ4v) is 2.99. The molecule has 2 aromatic carbocycles. The zero-order valence-corrected chi connectivity index (χ0v) is 12.3. The summed E-state index contributed by atoms with van der Waals surface area (Å²) in [5, 5.41) is 8.92. The molecule has 2 aromatic rings. The van der Waals surface area contributed by atoms with Gasteiger partial charge < -0.3 is 5.11 Å². The second-order valence-electron chi connectivity index (χ2n) is 4.63. The number of hydrogen-bond donors (Lipinski definition) is 1. The highest BCUT2D eigenvalue weighted by molar-refractivity contribution is 8.00. The highest BCUT2D eigenvalue weighted by atomic mass is 32.2. The number of hydrogen-bond acceptors (Lipinski definition) is 2. The van der Waals surface area contributed by atoms with Gasteiger partial charge in [0.15, 0.2) is 0 Å². The molecule has 20 heavy (non-hydrogen) atoms. The molecule has 0 aliphatic rings. The van der Waals surface area contributed by atoms with Gasteiger partial charge >= 0.3 is 5.97 Å². The van der Waals surface area contributed by atoms with Crippen molar-refractivity contribution in [3.05, 3.63) is 65.7 Å². The van der Waals surface area contributed by atoms with E-state index in [9.17, 15) is 9.90 Å². The number of aryl methyl sites for hydroxylation is 1. The molecule has 2 rings (SSSR count). The lowest BCUT2D eigenvalue weighted by molar-refractivity contribution is -0.136. The van der Waals surface area contributed by atoms with Crippen LogP contribution in [0.25, 0.3) is 0 Å². The van der Waals surface area contributed by atoms with Crippen molar-refractivity contribution in [2.24, 2.45) is 0 Å². The van der Waals surface area contributed by atoms with E-state index in [1.807, 2.05) is 42.5 Å². The molecule has 0 heterocycles. The van der Waals surface area contributed by atoms with Crippen LogP contribution in [0, 0.1) is 0 Å². The van der Waals surface area contributed by atoms with E-state index in [2.05, 4.69) is 19.1 Å². The molecule has 0 aromatic heterocycles. The topological polar surface area (TPSA) is 37.3 Å². The van der Waals surface area contributed by atoms with Gasteiger partial charge in [0, 0.05) is 4.90 Å². The molecule has 2 nitrogen and oxygen atoms in total. The number of carbonyl (C=O) groups is 1. The van der Waals surface area contributed by atoms with Crippen LogP contribution in [0.4, 0.5) is 0 Å². The molecular weight excluding hydrogens is 268 g/mol. The number of benzene rings is 2. The van der Waals surface area contributed by atoms with E-state index in [0.717, 1.165) is 16.9 Å². The first kappa shape index (κ1) is 14.7. The SMILES string of the molecule is CCc1ccc(CC(Sc2ccccc2)C(=O)O)cc1. The zero-order valence-electron chi connectivity index (χ0n) is 11.5. The minimum atomic E-state index is -0.765. The summed E-state index contributed by atoms with van der Waals surface area (Å²) in [7, 11) is 0. The number of carboxylic acid groups (broad SMARTS) is 1. The van der Waals surface area contributed by atoms with Crippen molar-refractivity contribution in [2.75, 3.05) is 0 Å². The molecule has 1 unspecified atom stereocenters. The predicted molar refractivity (Wildman–Crippen MR) is 83.2 cm³/mol. The number of rotatable bonds is 6. The Hall–Kier alpha value is -1.74. The van der Waals surface area contributed by atoms with E-state index in [1.165, 1.54) is 17.3 Å². The van der Waals surface area contributed by atoms with Crippen molar-refractivity contribution < 1.29 is 9.90 Å². The van der Waals surface area contributed by atoms with Gasteiger partial charge in [-0.2, -0.15) is 0 Å². The Morgan fingerprint density at radius 1 is 1.05 bits per heavy atom. The zero-order chi connectivity index (χ0) is 14.4. The molecule has 0 aliphatic heterocycles. The van der Waals surface area contributed by atoms with Gasteiger partial charge in [-0.15, -0.1) is 11.8 Å². The minimum Gasteiger partial charge on any atom is -0.480 e. The van der Waals surface area contributed by atoms with Crippen LogP contribution in [0.1, 0.15) is 18.1 Å². The van der Waals surface area contributed by atoms with Crippen LogP contribution in [0.3, 0.4) is 0 Å². The van der Waals surface area contributed by atoms with Gasteiger partial charge in [0.05, 0.1) is 0 Å². The van der Waals surface area contributed by atoms with Gasteiger partial charge in [0.25, 0.3) is 0 Å². The summed E-state index contributed by atoms with van der Waals surface area (Å²) in [6, 6.07) is 17.9. The van der Waals surface area contributed by atoms with Gasteiger partial charge in [-0.05, 0) is 36.1 Å². The number of thioether (sulfide) groups is 1.